The van der Waals surface area contributed by atoms with Gasteiger partial charge in [-0.05, 0) is 33.7 Å². The number of nitrogens with one attached hydrogen (secondary N) is 1. The lowest BCUT2D eigenvalue weighted by Crippen LogP contribution is -2.06. The van der Waals surface area contributed by atoms with E-state index in [1.165, 1.54) is 33.0 Å². The van der Waals surface area contributed by atoms with E-state index in [0.29, 0.717) is 0 Å². The summed E-state index contributed by atoms with van der Waals surface area (Å²) < 4.78 is 0. The molecule has 0 heterocycles. The van der Waals surface area contributed by atoms with Crippen LogP contribution < -0.4 is 11.3 Å². The van der Waals surface area contributed by atoms with Crippen LogP contribution in [0.4, 0.5) is 5.69 Å². The van der Waals surface area contributed by atoms with Crippen molar-refractivity contribution in [3.05, 3.63) is 54.6 Å². The molecule has 0 atom stereocenters. The maximum Gasteiger partial charge on any atom is 0.0564 e. The minimum atomic E-state index is 0.975. The third-order valence-electron chi connectivity index (χ3n) is 3.70. The number of hydrogen-bond donors (Lipinski definition) is 2. The van der Waals surface area contributed by atoms with Gasteiger partial charge in [0.2, 0.25) is 0 Å². The Hall–Kier alpha value is -2.32. The van der Waals surface area contributed by atoms with E-state index < -0.39 is 0 Å². The maximum absolute atomic E-state index is 5.59. The predicted molar refractivity (Wildman–Crippen MR) is 76.2 cm³/mol. The largest absolute Gasteiger partial charge is 0.324 e. The van der Waals surface area contributed by atoms with E-state index in [9.17, 15) is 0 Å². The third kappa shape index (κ3) is 1.05. The molecule has 2 heteroatoms. The van der Waals surface area contributed by atoms with E-state index >= 15 is 0 Å². The van der Waals surface area contributed by atoms with Crippen LogP contribution in [-0.2, 0) is 0 Å². The fourth-order valence-corrected chi connectivity index (χ4v) is 2.93. The first-order valence-electron chi connectivity index (χ1n) is 6.02. The predicted octanol–water partition coefficient (Wildman–Crippen LogP) is 3.77. The molecule has 4 rings (SSSR count). The van der Waals surface area contributed by atoms with E-state index in [2.05, 4.69) is 54.0 Å². The number of hydrazine groups is 1. The zero-order chi connectivity index (χ0) is 12.1. The highest BCUT2D eigenvalue weighted by molar-refractivity contribution is 6.18. The second-order valence-corrected chi connectivity index (χ2v) is 4.58. The highest BCUT2D eigenvalue weighted by Crippen LogP contribution is 2.48. The molecule has 0 bridgehead atoms. The summed E-state index contributed by atoms with van der Waals surface area (Å²) in [5.41, 5.74) is 8.98. The molecule has 86 valence electrons. The molecule has 18 heavy (non-hydrogen) atoms. The third-order valence-corrected chi connectivity index (χ3v) is 3.70. The monoisotopic (exact) mass is 232 g/mol. The minimum absolute atomic E-state index is 0.975. The second-order valence-electron chi connectivity index (χ2n) is 4.58. The fourth-order valence-electron chi connectivity index (χ4n) is 2.93. The molecule has 1 aliphatic rings. The van der Waals surface area contributed by atoms with Crippen LogP contribution in [0.5, 0.6) is 0 Å². The molecule has 3 aromatic carbocycles. The first kappa shape index (κ1) is 9.68. The molecule has 0 fully saturated rings. The number of fused-ring (bicyclic) bond motifs is 3. The maximum atomic E-state index is 5.59. The zero-order valence-corrected chi connectivity index (χ0v) is 9.77. The number of rotatable bonds is 1. The van der Waals surface area contributed by atoms with E-state index in [1.807, 2.05) is 6.07 Å². The Morgan fingerprint density at radius 2 is 1.33 bits per heavy atom. The first-order chi connectivity index (χ1) is 8.90. The molecule has 0 unspecified atom stereocenters. The van der Waals surface area contributed by atoms with Crippen molar-refractivity contribution in [1.29, 1.82) is 0 Å². The molecule has 1 aliphatic carbocycles. The molecule has 0 saturated carbocycles. The Kier molecular flexibility index (Phi) is 1.80. The van der Waals surface area contributed by atoms with Crippen LogP contribution in [0.3, 0.4) is 0 Å². The lowest BCUT2D eigenvalue weighted by Gasteiger charge is -2.07. The molecule has 0 saturated heterocycles. The van der Waals surface area contributed by atoms with Crippen molar-refractivity contribution < 1.29 is 0 Å². The number of nitrogen functional groups attached to an aromatic ring is 1. The van der Waals surface area contributed by atoms with Gasteiger partial charge in [-0.25, -0.2) is 0 Å². The van der Waals surface area contributed by atoms with Gasteiger partial charge in [0, 0.05) is 5.39 Å². The molecular formula is C16H12N2. The number of benzene rings is 3. The molecule has 3 N–H and O–H groups in total. The van der Waals surface area contributed by atoms with Crippen LogP contribution in [0.2, 0.25) is 0 Å². The van der Waals surface area contributed by atoms with Crippen LogP contribution in [0.1, 0.15) is 0 Å². The summed E-state index contributed by atoms with van der Waals surface area (Å²) in [5.74, 6) is 5.59. The fraction of sp³-hybridized carbons (Fsp3) is 0. The van der Waals surface area contributed by atoms with Gasteiger partial charge in [-0.15, -0.1) is 0 Å². The van der Waals surface area contributed by atoms with Crippen molar-refractivity contribution in [1.82, 2.24) is 0 Å². The molecule has 0 amide bonds. The van der Waals surface area contributed by atoms with Crippen molar-refractivity contribution in [3.8, 4) is 22.3 Å². The van der Waals surface area contributed by atoms with E-state index in [-0.39, 0.29) is 0 Å². The Bertz CT molecular complexity index is 746. The number of anilines is 1. The highest BCUT2D eigenvalue weighted by Gasteiger charge is 2.21. The Labute approximate surface area is 105 Å². The summed E-state index contributed by atoms with van der Waals surface area (Å²) in [4.78, 5) is 0. The summed E-state index contributed by atoms with van der Waals surface area (Å²) in [6, 6.07) is 19.1. The summed E-state index contributed by atoms with van der Waals surface area (Å²) in [6.45, 7) is 0. The SMILES string of the molecule is NNc1ccc2c3c(cccc13)-c1ccccc1-2. The lowest BCUT2D eigenvalue weighted by atomic mass is 10.0. The van der Waals surface area contributed by atoms with Gasteiger partial charge in [-0.3, -0.25) is 5.84 Å². The summed E-state index contributed by atoms with van der Waals surface area (Å²) in [7, 11) is 0. The first-order valence-corrected chi connectivity index (χ1v) is 6.02. The van der Waals surface area contributed by atoms with E-state index in [0.717, 1.165) is 5.69 Å². The topological polar surface area (TPSA) is 38.0 Å². The van der Waals surface area contributed by atoms with E-state index in [4.69, 9.17) is 5.84 Å². The van der Waals surface area contributed by atoms with Gasteiger partial charge in [-0.2, -0.15) is 0 Å². The highest BCUT2D eigenvalue weighted by atomic mass is 15.2. The van der Waals surface area contributed by atoms with Gasteiger partial charge >= 0.3 is 0 Å². The minimum Gasteiger partial charge on any atom is -0.324 e. The van der Waals surface area contributed by atoms with Crippen LogP contribution in [-0.4, -0.2) is 0 Å². The smallest absolute Gasteiger partial charge is 0.0564 e. The van der Waals surface area contributed by atoms with Gasteiger partial charge in [0.05, 0.1) is 5.69 Å². The standard InChI is InChI=1S/C16H12N2/c17-18-15-9-8-13-11-5-2-1-4-10(11)12-6-3-7-14(15)16(12)13/h1-9,18H,17H2. The van der Waals surface area contributed by atoms with Crippen molar-refractivity contribution in [2.45, 2.75) is 0 Å². The Morgan fingerprint density at radius 3 is 2.06 bits per heavy atom. The molecule has 2 nitrogen and oxygen atoms in total. The summed E-state index contributed by atoms with van der Waals surface area (Å²) in [6.07, 6.45) is 0. The second kappa shape index (κ2) is 3.34. The summed E-state index contributed by atoms with van der Waals surface area (Å²) >= 11 is 0. The van der Waals surface area contributed by atoms with Crippen molar-refractivity contribution in [3.63, 3.8) is 0 Å². The quantitative estimate of drug-likeness (QED) is 0.387. The lowest BCUT2D eigenvalue weighted by molar-refractivity contribution is 1.37. The van der Waals surface area contributed by atoms with E-state index in [1.54, 1.807) is 0 Å². The molecule has 0 aromatic heterocycles. The Balaban J connectivity index is 2.23. The van der Waals surface area contributed by atoms with Crippen molar-refractivity contribution in [2.75, 3.05) is 5.43 Å². The van der Waals surface area contributed by atoms with Crippen molar-refractivity contribution in [2.24, 2.45) is 5.84 Å². The molecule has 0 spiro atoms. The van der Waals surface area contributed by atoms with Crippen LogP contribution in [0, 0.1) is 0 Å². The average molecular weight is 232 g/mol. The van der Waals surface area contributed by atoms with Crippen LogP contribution in [0.25, 0.3) is 33.0 Å². The van der Waals surface area contributed by atoms with Crippen molar-refractivity contribution >= 4 is 16.5 Å². The zero-order valence-electron chi connectivity index (χ0n) is 9.77. The van der Waals surface area contributed by atoms with Crippen LogP contribution in [0.15, 0.2) is 54.6 Å². The Morgan fingerprint density at radius 1 is 0.667 bits per heavy atom. The molecule has 3 aromatic rings. The van der Waals surface area contributed by atoms with Gasteiger partial charge in [0.15, 0.2) is 0 Å². The van der Waals surface area contributed by atoms with Gasteiger partial charge < -0.3 is 5.43 Å². The molecule has 0 radical (unpaired) electrons. The molecule has 0 aliphatic heterocycles. The average Bonchev–Trinajstić information content (AvgIpc) is 2.77. The van der Waals surface area contributed by atoms with Gasteiger partial charge in [-0.1, -0.05) is 48.5 Å². The molecular weight excluding hydrogens is 220 g/mol. The van der Waals surface area contributed by atoms with Crippen LogP contribution >= 0.6 is 0 Å². The number of nitrogens with two attached hydrogens (primary N) is 1. The number of hydrogen-bond acceptors (Lipinski definition) is 2. The summed E-state index contributed by atoms with van der Waals surface area (Å²) in [5, 5.41) is 2.48. The van der Waals surface area contributed by atoms with Gasteiger partial charge in [0.1, 0.15) is 0 Å². The normalized spacial score (nSPS) is 11.6. The van der Waals surface area contributed by atoms with Gasteiger partial charge in [0.25, 0.3) is 0 Å².